The van der Waals surface area contributed by atoms with Gasteiger partial charge < -0.3 is 15.3 Å². The highest BCUT2D eigenvalue weighted by Gasteiger charge is 2.39. The normalized spacial score (nSPS) is 26.6. The minimum absolute atomic E-state index is 0.0417. The van der Waals surface area contributed by atoms with Crippen molar-refractivity contribution < 1.29 is 9.90 Å². The van der Waals surface area contributed by atoms with Gasteiger partial charge >= 0.3 is 0 Å². The van der Waals surface area contributed by atoms with E-state index in [0.29, 0.717) is 28.7 Å². The van der Waals surface area contributed by atoms with Gasteiger partial charge in [0.2, 0.25) is 5.91 Å². The van der Waals surface area contributed by atoms with Crippen molar-refractivity contribution in [2.24, 2.45) is 0 Å². The number of amides is 1. The molecule has 1 aromatic rings. The van der Waals surface area contributed by atoms with Crippen LogP contribution in [0.1, 0.15) is 17.9 Å². The summed E-state index contributed by atoms with van der Waals surface area (Å²) in [5.41, 5.74) is 0.663. The molecule has 1 unspecified atom stereocenters. The number of fused-ring (bicyclic) bond motifs is 1. The predicted molar refractivity (Wildman–Crippen MR) is 73.9 cm³/mol. The number of rotatable bonds is 1. The second-order valence-electron chi connectivity index (χ2n) is 5.06. The van der Waals surface area contributed by atoms with E-state index in [4.69, 9.17) is 23.2 Å². The molecule has 0 saturated carbocycles. The van der Waals surface area contributed by atoms with Crippen molar-refractivity contribution in [1.82, 2.24) is 10.2 Å². The largest absolute Gasteiger partial charge is 0.508 e. The number of phenolic OH excluding ortho intramolecular Hbond substituents is 1. The molecule has 1 aromatic carbocycles. The van der Waals surface area contributed by atoms with Crippen molar-refractivity contribution >= 4 is 29.1 Å². The van der Waals surface area contributed by atoms with Crippen LogP contribution >= 0.6 is 23.2 Å². The van der Waals surface area contributed by atoms with Crippen molar-refractivity contribution in [3.8, 4) is 5.75 Å². The Morgan fingerprint density at radius 3 is 2.89 bits per heavy atom. The van der Waals surface area contributed by atoms with Gasteiger partial charge in [-0.2, -0.15) is 0 Å². The van der Waals surface area contributed by atoms with E-state index in [1.807, 2.05) is 4.90 Å². The standard InChI is InChI=1S/C13H14Cl2N2O2/c14-9-1-2-10(18)12(13(9)15)7-3-8-4-16-5-11(19)17(8)6-7/h1-2,7-8,16,18H,3-6H2/t7?,8-/m0/s1. The summed E-state index contributed by atoms with van der Waals surface area (Å²) in [4.78, 5) is 13.7. The van der Waals surface area contributed by atoms with Crippen molar-refractivity contribution in [2.75, 3.05) is 19.6 Å². The lowest BCUT2D eigenvalue weighted by Crippen LogP contribution is -2.51. The number of hydrogen-bond acceptors (Lipinski definition) is 3. The van der Waals surface area contributed by atoms with E-state index in [1.165, 1.54) is 0 Å². The molecule has 2 aliphatic rings. The van der Waals surface area contributed by atoms with Crippen LogP contribution < -0.4 is 5.32 Å². The zero-order valence-corrected chi connectivity index (χ0v) is 11.7. The molecule has 6 heteroatoms. The molecule has 102 valence electrons. The minimum atomic E-state index is 0.0417. The van der Waals surface area contributed by atoms with Gasteiger partial charge in [0.1, 0.15) is 5.75 Å². The van der Waals surface area contributed by atoms with E-state index in [-0.39, 0.29) is 23.6 Å². The number of nitrogens with zero attached hydrogens (tertiary/aromatic N) is 1. The first-order valence-corrected chi connectivity index (χ1v) is 7.00. The van der Waals surface area contributed by atoms with E-state index in [1.54, 1.807) is 12.1 Å². The van der Waals surface area contributed by atoms with Gasteiger partial charge in [0.05, 0.1) is 16.6 Å². The summed E-state index contributed by atoms with van der Waals surface area (Å²) < 4.78 is 0. The first-order chi connectivity index (χ1) is 9.08. The number of carbonyl (C=O) groups excluding carboxylic acids is 1. The third kappa shape index (κ3) is 2.18. The SMILES string of the molecule is O=C1CNC[C@@H]2CC(c3c(O)ccc(Cl)c3Cl)CN12. The summed E-state index contributed by atoms with van der Waals surface area (Å²) >= 11 is 12.2. The number of halogens is 2. The molecule has 1 amide bonds. The van der Waals surface area contributed by atoms with Gasteiger partial charge in [-0.1, -0.05) is 23.2 Å². The maximum Gasteiger partial charge on any atom is 0.236 e. The summed E-state index contributed by atoms with van der Waals surface area (Å²) in [6.45, 7) is 1.78. The van der Waals surface area contributed by atoms with Crippen molar-refractivity contribution in [2.45, 2.75) is 18.4 Å². The topological polar surface area (TPSA) is 52.6 Å². The van der Waals surface area contributed by atoms with E-state index >= 15 is 0 Å². The first-order valence-electron chi connectivity index (χ1n) is 6.25. The molecule has 2 saturated heterocycles. The summed E-state index contributed by atoms with van der Waals surface area (Å²) in [6.07, 6.45) is 0.798. The fourth-order valence-corrected chi connectivity index (χ4v) is 3.50. The average molecular weight is 301 g/mol. The second-order valence-corrected chi connectivity index (χ2v) is 5.84. The molecule has 2 N–H and O–H groups in total. The van der Waals surface area contributed by atoms with Gasteiger partial charge in [0.25, 0.3) is 0 Å². The Kier molecular flexibility index (Phi) is 3.33. The van der Waals surface area contributed by atoms with Crippen LogP contribution in [0, 0.1) is 0 Å². The van der Waals surface area contributed by atoms with Crippen molar-refractivity contribution in [3.05, 3.63) is 27.7 Å². The third-order valence-electron chi connectivity index (χ3n) is 3.91. The fourth-order valence-electron chi connectivity index (χ4n) is 3.02. The van der Waals surface area contributed by atoms with Crippen LogP contribution in [0.4, 0.5) is 0 Å². The monoisotopic (exact) mass is 300 g/mol. The Hall–Kier alpha value is -0.970. The number of nitrogens with one attached hydrogen (secondary N) is 1. The Morgan fingerprint density at radius 2 is 2.16 bits per heavy atom. The quantitative estimate of drug-likeness (QED) is 0.834. The van der Waals surface area contributed by atoms with Gasteiger partial charge in [-0.3, -0.25) is 4.79 Å². The third-order valence-corrected chi connectivity index (χ3v) is 4.73. The molecule has 19 heavy (non-hydrogen) atoms. The molecule has 2 aliphatic heterocycles. The lowest BCUT2D eigenvalue weighted by atomic mass is 9.95. The second kappa shape index (κ2) is 4.85. The van der Waals surface area contributed by atoms with E-state index in [0.717, 1.165) is 13.0 Å². The van der Waals surface area contributed by atoms with Crippen LogP contribution in [0.3, 0.4) is 0 Å². The van der Waals surface area contributed by atoms with Crippen LogP contribution in [0.2, 0.25) is 10.0 Å². The lowest BCUT2D eigenvalue weighted by molar-refractivity contribution is -0.133. The van der Waals surface area contributed by atoms with Crippen LogP contribution in [-0.2, 0) is 4.79 Å². The lowest BCUT2D eigenvalue weighted by Gasteiger charge is -2.29. The number of piperazine rings is 1. The average Bonchev–Trinajstić information content (AvgIpc) is 2.80. The molecule has 0 radical (unpaired) electrons. The molecule has 0 aliphatic carbocycles. The van der Waals surface area contributed by atoms with E-state index < -0.39 is 0 Å². The molecule has 0 bridgehead atoms. The summed E-state index contributed by atoms with van der Waals surface area (Å²) in [6, 6.07) is 3.32. The molecule has 2 atom stereocenters. The van der Waals surface area contributed by atoms with Gasteiger partial charge in [-0.25, -0.2) is 0 Å². The smallest absolute Gasteiger partial charge is 0.236 e. The van der Waals surface area contributed by atoms with Gasteiger partial charge in [-0.05, 0) is 18.6 Å². The highest BCUT2D eigenvalue weighted by Crippen LogP contribution is 2.43. The van der Waals surface area contributed by atoms with Gasteiger partial charge in [-0.15, -0.1) is 0 Å². The van der Waals surface area contributed by atoms with Gasteiger partial charge in [0.15, 0.2) is 0 Å². The van der Waals surface area contributed by atoms with E-state index in [9.17, 15) is 9.90 Å². The summed E-state index contributed by atoms with van der Waals surface area (Å²) in [7, 11) is 0. The van der Waals surface area contributed by atoms with Crippen molar-refractivity contribution in [3.63, 3.8) is 0 Å². The predicted octanol–water partition coefficient (Wildman–Crippen LogP) is 1.99. The molecule has 0 spiro atoms. The molecule has 2 fully saturated rings. The van der Waals surface area contributed by atoms with Crippen molar-refractivity contribution in [1.29, 1.82) is 0 Å². The fraction of sp³-hybridized carbons (Fsp3) is 0.462. The Bertz CT molecular complexity index is 536. The van der Waals surface area contributed by atoms with E-state index in [2.05, 4.69) is 5.32 Å². The Balaban J connectivity index is 1.93. The zero-order valence-electron chi connectivity index (χ0n) is 10.2. The van der Waals surface area contributed by atoms with Gasteiger partial charge in [0, 0.05) is 30.6 Å². The highest BCUT2D eigenvalue weighted by molar-refractivity contribution is 6.42. The molecular formula is C13H14Cl2N2O2. The zero-order chi connectivity index (χ0) is 13.6. The maximum absolute atomic E-state index is 11.8. The molecular weight excluding hydrogens is 287 g/mol. The Morgan fingerprint density at radius 1 is 1.37 bits per heavy atom. The summed E-state index contributed by atoms with van der Waals surface area (Å²) in [5.74, 6) is 0.302. The summed E-state index contributed by atoms with van der Waals surface area (Å²) in [5, 5.41) is 13.9. The Labute approximate surface area is 121 Å². The number of hydrogen-bond donors (Lipinski definition) is 2. The highest BCUT2D eigenvalue weighted by atomic mass is 35.5. The molecule has 4 nitrogen and oxygen atoms in total. The molecule has 3 rings (SSSR count). The van der Waals surface area contributed by atoms with Crippen LogP contribution in [0.5, 0.6) is 5.75 Å². The number of aromatic hydroxyl groups is 1. The number of benzene rings is 1. The van der Waals surface area contributed by atoms with Crippen LogP contribution in [-0.4, -0.2) is 41.6 Å². The van der Waals surface area contributed by atoms with Crippen LogP contribution in [0.25, 0.3) is 0 Å². The first kappa shape index (κ1) is 13.0. The number of carbonyl (C=O) groups is 1. The van der Waals surface area contributed by atoms with Crippen LogP contribution in [0.15, 0.2) is 12.1 Å². The minimum Gasteiger partial charge on any atom is -0.508 e. The molecule has 2 heterocycles. The number of phenols is 1. The maximum atomic E-state index is 11.8. The molecule has 0 aromatic heterocycles.